The van der Waals surface area contributed by atoms with E-state index >= 15 is 0 Å². The fraction of sp³-hybridized carbons (Fsp3) is 0.571. The summed E-state index contributed by atoms with van der Waals surface area (Å²) in [6, 6.07) is 7.99. The van der Waals surface area contributed by atoms with Crippen molar-refractivity contribution >= 4 is 9.84 Å². The van der Waals surface area contributed by atoms with Crippen molar-refractivity contribution < 1.29 is 13.2 Å². The lowest BCUT2D eigenvalue weighted by molar-refractivity contribution is 0.325. The molecule has 0 spiro atoms. The van der Waals surface area contributed by atoms with Gasteiger partial charge in [-0.3, -0.25) is 0 Å². The molecule has 1 aliphatic rings. The Bertz CT molecular complexity index is 552. The maximum absolute atomic E-state index is 11.6. The number of rotatable bonds is 5. The standard InChI is InChI=1S/C14H21NO3S/c1-14(2,19(3,16)17)10-15-8-11-9-18-13-7-5-4-6-12(11)13/h4-7,11,15H,8-10H2,1-3H3. The zero-order valence-corrected chi connectivity index (χ0v) is 12.5. The maximum atomic E-state index is 11.6. The van der Waals surface area contributed by atoms with Gasteiger partial charge in [0.2, 0.25) is 0 Å². The van der Waals surface area contributed by atoms with Gasteiger partial charge in [-0.15, -0.1) is 0 Å². The third-order valence-corrected chi connectivity index (χ3v) is 5.90. The molecule has 4 nitrogen and oxygen atoms in total. The van der Waals surface area contributed by atoms with Crippen LogP contribution in [0.5, 0.6) is 5.75 Å². The van der Waals surface area contributed by atoms with E-state index < -0.39 is 14.6 Å². The Balaban J connectivity index is 1.92. The number of hydrogen-bond donors (Lipinski definition) is 1. The predicted octanol–water partition coefficient (Wildman–Crippen LogP) is 1.58. The van der Waals surface area contributed by atoms with Crippen molar-refractivity contribution in [2.75, 3.05) is 26.0 Å². The lowest BCUT2D eigenvalue weighted by atomic mass is 10.0. The van der Waals surface area contributed by atoms with Crippen LogP contribution in [-0.2, 0) is 9.84 Å². The molecular weight excluding hydrogens is 262 g/mol. The molecule has 106 valence electrons. The number of ether oxygens (including phenoxy) is 1. The SMILES string of the molecule is CC(C)(CNCC1COc2ccccc21)S(C)(=O)=O. The molecule has 0 saturated carbocycles. The summed E-state index contributed by atoms with van der Waals surface area (Å²) in [5.41, 5.74) is 1.20. The van der Waals surface area contributed by atoms with Gasteiger partial charge in [0, 0.05) is 30.8 Å². The first kappa shape index (κ1) is 14.3. The molecule has 0 amide bonds. The number of para-hydroxylation sites is 1. The highest BCUT2D eigenvalue weighted by molar-refractivity contribution is 7.92. The first-order valence-corrected chi connectivity index (χ1v) is 8.32. The lowest BCUT2D eigenvalue weighted by Crippen LogP contribution is -2.42. The van der Waals surface area contributed by atoms with Crippen molar-refractivity contribution in [3.63, 3.8) is 0 Å². The minimum atomic E-state index is -3.05. The van der Waals surface area contributed by atoms with Crippen LogP contribution in [0, 0.1) is 0 Å². The van der Waals surface area contributed by atoms with Crippen LogP contribution >= 0.6 is 0 Å². The topological polar surface area (TPSA) is 55.4 Å². The zero-order valence-electron chi connectivity index (χ0n) is 11.6. The third-order valence-electron chi connectivity index (χ3n) is 3.74. The molecular formula is C14H21NO3S. The molecule has 0 radical (unpaired) electrons. The molecule has 1 unspecified atom stereocenters. The van der Waals surface area contributed by atoms with E-state index in [4.69, 9.17) is 4.74 Å². The normalized spacial score (nSPS) is 19.0. The van der Waals surface area contributed by atoms with Gasteiger partial charge in [-0.05, 0) is 19.9 Å². The average molecular weight is 283 g/mol. The molecule has 19 heavy (non-hydrogen) atoms. The Hall–Kier alpha value is -1.07. The van der Waals surface area contributed by atoms with Crippen molar-refractivity contribution in [3.05, 3.63) is 29.8 Å². The number of benzene rings is 1. The molecule has 0 fully saturated rings. The van der Waals surface area contributed by atoms with Gasteiger partial charge in [0.05, 0.1) is 11.4 Å². The Kier molecular flexibility index (Phi) is 3.87. The van der Waals surface area contributed by atoms with Crippen LogP contribution in [-0.4, -0.2) is 39.1 Å². The van der Waals surface area contributed by atoms with Crippen LogP contribution in [0.3, 0.4) is 0 Å². The van der Waals surface area contributed by atoms with E-state index in [1.54, 1.807) is 13.8 Å². The van der Waals surface area contributed by atoms with E-state index in [0.29, 0.717) is 19.1 Å². The molecule has 5 heteroatoms. The average Bonchev–Trinajstić information content (AvgIpc) is 2.71. The molecule has 1 atom stereocenters. The molecule has 0 aliphatic carbocycles. The second-order valence-electron chi connectivity index (χ2n) is 5.71. The highest BCUT2D eigenvalue weighted by Gasteiger charge is 2.30. The largest absolute Gasteiger partial charge is 0.493 e. The summed E-state index contributed by atoms with van der Waals surface area (Å²) in [7, 11) is -3.05. The molecule has 2 rings (SSSR count). The first-order chi connectivity index (χ1) is 8.81. The first-order valence-electron chi connectivity index (χ1n) is 6.43. The molecule has 1 aromatic carbocycles. The molecule has 1 aromatic rings. The highest BCUT2D eigenvalue weighted by atomic mass is 32.2. The van der Waals surface area contributed by atoms with Crippen LogP contribution in [0.1, 0.15) is 25.3 Å². The fourth-order valence-corrected chi connectivity index (χ4v) is 2.44. The zero-order chi connectivity index (χ0) is 14.1. The molecule has 1 heterocycles. The van der Waals surface area contributed by atoms with Crippen molar-refractivity contribution in [1.29, 1.82) is 0 Å². The van der Waals surface area contributed by atoms with Gasteiger partial charge < -0.3 is 10.1 Å². The van der Waals surface area contributed by atoms with Gasteiger partial charge in [-0.25, -0.2) is 8.42 Å². The summed E-state index contributed by atoms with van der Waals surface area (Å²) in [5.74, 6) is 1.24. The Morgan fingerprint density at radius 3 is 2.74 bits per heavy atom. The van der Waals surface area contributed by atoms with Crippen molar-refractivity contribution in [2.45, 2.75) is 24.5 Å². The van der Waals surface area contributed by atoms with Gasteiger partial charge in [-0.1, -0.05) is 18.2 Å². The monoisotopic (exact) mass is 283 g/mol. The van der Waals surface area contributed by atoms with Gasteiger partial charge in [-0.2, -0.15) is 0 Å². The fourth-order valence-electron chi connectivity index (χ4n) is 2.08. The quantitative estimate of drug-likeness (QED) is 0.891. The predicted molar refractivity (Wildman–Crippen MR) is 76.5 cm³/mol. The van der Waals surface area contributed by atoms with Crippen LogP contribution in [0.4, 0.5) is 0 Å². The molecule has 0 saturated heterocycles. The number of sulfone groups is 1. The van der Waals surface area contributed by atoms with Gasteiger partial charge in [0.1, 0.15) is 5.75 Å². The second-order valence-corrected chi connectivity index (χ2v) is 8.36. The van der Waals surface area contributed by atoms with E-state index in [2.05, 4.69) is 11.4 Å². The van der Waals surface area contributed by atoms with E-state index in [-0.39, 0.29) is 0 Å². The van der Waals surface area contributed by atoms with Gasteiger partial charge in [0.25, 0.3) is 0 Å². The molecule has 0 bridgehead atoms. The van der Waals surface area contributed by atoms with Gasteiger partial charge in [0.15, 0.2) is 9.84 Å². The minimum absolute atomic E-state index is 0.298. The van der Waals surface area contributed by atoms with E-state index in [0.717, 1.165) is 12.3 Å². The summed E-state index contributed by atoms with van der Waals surface area (Å²) in [6.45, 7) is 5.33. The maximum Gasteiger partial charge on any atom is 0.153 e. The van der Waals surface area contributed by atoms with Gasteiger partial charge >= 0.3 is 0 Å². The number of fused-ring (bicyclic) bond motifs is 1. The summed E-state index contributed by atoms with van der Waals surface area (Å²) < 4.78 is 28.1. The summed E-state index contributed by atoms with van der Waals surface area (Å²) in [4.78, 5) is 0. The number of nitrogens with one attached hydrogen (secondary N) is 1. The van der Waals surface area contributed by atoms with Crippen LogP contribution in [0.2, 0.25) is 0 Å². The summed E-state index contributed by atoms with van der Waals surface area (Å²) in [5, 5.41) is 3.26. The third kappa shape index (κ3) is 3.09. The lowest BCUT2D eigenvalue weighted by Gasteiger charge is -2.23. The van der Waals surface area contributed by atoms with Crippen molar-refractivity contribution in [1.82, 2.24) is 5.32 Å². The van der Waals surface area contributed by atoms with Crippen molar-refractivity contribution in [3.8, 4) is 5.75 Å². The molecule has 0 aromatic heterocycles. The summed E-state index contributed by atoms with van der Waals surface area (Å²) >= 11 is 0. The van der Waals surface area contributed by atoms with Crippen LogP contribution in [0.15, 0.2) is 24.3 Å². The highest BCUT2D eigenvalue weighted by Crippen LogP contribution is 2.32. The van der Waals surface area contributed by atoms with Crippen LogP contribution in [0.25, 0.3) is 0 Å². The smallest absolute Gasteiger partial charge is 0.153 e. The van der Waals surface area contributed by atoms with E-state index in [9.17, 15) is 8.42 Å². The van der Waals surface area contributed by atoms with Crippen LogP contribution < -0.4 is 10.1 Å². The second kappa shape index (κ2) is 5.13. The summed E-state index contributed by atoms with van der Waals surface area (Å²) in [6.07, 6.45) is 1.28. The van der Waals surface area contributed by atoms with Crippen molar-refractivity contribution in [2.24, 2.45) is 0 Å². The minimum Gasteiger partial charge on any atom is -0.493 e. The molecule has 1 aliphatic heterocycles. The van der Waals surface area contributed by atoms with E-state index in [1.165, 1.54) is 11.8 Å². The number of hydrogen-bond acceptors (Lipinski definition) is 4. The Labute approximate surface area is 115 Å². The Morgan fingerprint density at radius 1 is 1.37 bits per heavy atom. The molecule has 1 N–H and O–H groups in total. The Morgan fingerprint density at radius 2 is 2.05 bits per heavy atom. The van der Waals surface area contributed by atoms with E-state index in [1.807, 2.05) is 18.2 Å².